The predicted molar refractivity (Wildman–Crippen MR) is 97.8 cm³/mol. The third kappa shape index (κ3) is 4.69. The average molecular weight is 374 g/mol. The van der Waals surface area contributed by atoms with Gasteiger partial charge < -0.3 is 29.2 Å². The van der Waals surface area contributed by atoms with Gasteiger partial charge in [-0.05, 0) is 0 Å². The maximum absolute atomic E-state index is 12.5. The molecule has 2 aromatic rings. The van der Waals surface area contributed by atoms with E-state index in [2.05, 4.69) is 15.3 Å². The van der Waals surface area contributed by atoms with E-state index in [1.807, 2.05) is 0 Å². The molecule has 1 N–H and O–H groups in total. The minimum absolute atomic E-state index is 0.156. The molecule has 1 unspecified atom stereocenters. The number of amides is 2. The lowest BCUT2D eigenvalue weighted by molar-refractivity contribution is 0.188. The second kappa shape index (κ2) is 8.43. The van der Waals surface area contributed by atoms with Gasteiger partial charge in [-0.25, -0.2) is 4.79 Å². The Morgan fingerprint density at radius 3 is 2.44 bits per heavy atom. The number of ether oxygens (including phenoxy) is 4. The van der Waals surface area contributed by atoms with E-state index in [-0.39, 0.29) is 12.1 Å². The first-order chi connectivity index (χ1) is 13.1. The van der Waals surface area contributed by atoms with Crippen molar-refractivity contribution in [3.8, 4) is 23.3 Å². The van der Waals surface area contributed by atoms with Crippen LogP contribution in [-0.2, 0) is 0 Å². The third-order valence-corrected chi connectivity index (χ3v) is 4.12. The fourth-order valence-electron chi connectivity index (χ4n) is 2.75. The van der Waals surface area contributed by atoms with Crippen LogP contribution >= 0.6 is 0 Å². The molecule has 0 radical (unpaired) electrons. The molecule has 2 heterocycles. The quantitative estimate of drug-likeness (QED) is 0.828. The van der Waals surface area contributed by atoms with Crippen molar-refractivity contribution >= 4 is 11.7 Å². The van der Waals surface area contributed by atoms with Crippen molar-refractivity contribution in [2.75, 3.05) is 39.7 Å². The zero-order valence-corrected chi connectivity index (χ0v) is 15.5. The lowest BCUT2D eigenvalue weighted by Crippen LogP contribution is -2.34. The molecule has 0 spiro atoms. The maximum Gasteiger partial charge on any atom is 0.321 e. The molecule has 0 bridgehead atoms. The second-order valence-corrected chi connectivity index (χ2v) is 5.91. The van der Waals surface area contributed by atoms with Crippen LogP contribution in [0.4, 0.5) is 10.5 Å². The fourth-order valence-corrected chi connectivity index (χ4v) is 2.75. The van der Waals surface area contributed by atoms with Crippen LogP contribution in [0, 0.1) is 0 Å². The number of carbonyl (C=O) groups excluding carboxylic acids is 1. The van der Waals surface area contributed by atoms with Gasteiger partial charge >= 0.3 is 6.03 Å². The van der Waals surface area contributed by atoms with Crippen molar-refractivity contribution < 1.29 is 23.7 Å². The van der Waals surface area contributed by atoms with Crippen molar-refractivity contribution in [3.05, 3.63) is 30.6 Å². The minimum atomic E-state index is -0.215. The molecule has 2 amide bonds. The molecule has 144 valence electrons. The zero-order chi connectivity index (χ0) is 19.2. The van der Waals surface area contributed by atoms with Gasteiger partial charge in [0.2, 0.25) is 11.8 Å². The highest BCUT2D eigenvalue weighted by molar-refractivity contribution is 5.90. The zero-order valence-electron chi connectivity index (χ0n) is 15.5. The van der Waals surface area contributed by atoms with Crippen LogP contribution in [0.1, 0.15) is 6.42 Å². The third-order valence-electron chi connectivity index (χ3n) is 4.12. The number of rotatable bonds is 6. The van der Waals surface area contributed by atoms with E-state index in [9.17, 15) is 4.79 Å². The smallest absolute Gasteiger partial charge is 0.321 e. The molecule has 1 aromatic carbocycles. The Balaban J connectivity index is 1.59. The molecular weight excluding hydrogens is 352 g/mol. The van der Waals surface area contributed by atoms with Crippen molar-refractivity contribution in [3.63, 3.8) is 0 Å². The molecule has 0 saturated carbocycles. The summed E-state index contributed by atoms with van der Waals surface area (Å²) in [5.41, 5.74) is 0.597. The summed E-state index contributed by atoms with van der Waals surface area (Å²) in [5, 5.41) is 2.86. The molecule has 1 aliphatic rings. The van der Waals surface area contributed by atoms with Gasteiger partial charge in [0.25, 0.3) is 0 Å². The maximum atomic E-state index is 12.5. The van der Waals surface area contributed by atoms with Gasteiger partial charge in [-0.3, -0.25) is 4.98 Å². The molecule has 0 aliphatic carbocycles. The van der Waals surface area contributed by atoms with E-state index in [0.717, 1.165) is 0 Å². The summed E-state index contributed by atoms with van der Waals surface area (Å²) < 4.78 is 21.3. The number of urea groups is 1. The molecule has 9 nitrogen and oxygen atoms in total. The molecular formula is C18H22N4O5. The van der Waals surface area contributed by atoms with Gasteiger partial charge in [0.05, 0.1) is 40.3 Å². The van der Waals surface area contributed by atoms with Crippen molar-refractivity contribution in [1.82, 2.24) is 14.9 Å². The lowest BCUT2D eigenvalue weighted by Gasteiger charge is -2.18. The van der Waals surface area contributed by atoms with Crippen molar-refractivity contribution in [2.45, 2.75) is 12.5 Å². The highest BCUT2D eigenvalue weighted by Crippen LogP contribution is 2.26. The first-order valence-electron chi connectivity index (χ1n) is 8.43. The summed E-state index contributed by atoms with van der Waals surface area (Å²) in [5.74, 6) is 1.96. The first kappa shape index (κ1) is 18.6. The molecule has 9 heteroatoms. The summed E-state index contributed by atoms with van der Waals surface area (Å²) in [6, 6.07) is 4.99. The Morgan fingerprint density at radius 1 is 1.07 bits per heavy atom. The Kier molecular flexibility index (Phi) is 5.80. The molecule has 27 heavy (non-hydrogen) atoms. The Hall–Kier alpha value is -3.23. The summed E-state index contributed by atoms with van der Waals surface area (Å²) in [6.07, 6.45) is 3.57. The highest BCUT2D eigenvalue weighted by Gasteiger charge is 2.28. The SMILES string of the molecule is COc1cc(NC(=O)N2CCC(Oc3cncc(OC)n3)C2)cc(OC)c1. The van der Waals surface area contributed by atoms with E-state index in [4.69, 9.17) is 18.9 Å². The molecule has 1 aromatic heterocycles. The molecule has 1 aliphatic heterocycles. The number of likely N-dealkylation sites (tertiary alicyclic amines) is 1. The summed E-state index contributed by atoms with van der Waals surface area (Å²) in [6.45, 7) is 1.03. The molecule has 1 fully saturated rings. The van der Waals surface area contributed by atoms with Crippen LogP contribution in [0.25, 0.3) is 0 Å². The van der Waals surface area contributed by atoms with Gasteiger partial charge in [0, 0.05) is 36.9 Å². The van der Waals surface area contributed by atoms with E-state index < -0.39 is 0 Å². The standard InChI is InChI=1S/C18H22N4O5/c1-24-14-6-12(7-15(8-14)25-2)20-18(23)22-5-4-13(11-22)27-17-10-19-9-16(21-17)26-3/h6-10,13H,4-5,11H2,1-3H3,(H,20,23). The van der Waals surface area contributed by atoms with E-state index in [1.165, 1.54) is 19.5 Å². The number of anilines is 1. The van der Waals surface area contributed by atoms with Gasteiger partial charge in [-0.15, -0.1) is 0 Å². The molecule has 1 saturated heterocycles. The first-order valence-corrected chi connectivity index (χ1v) is 8.43. The Bertz CT molecular complexity index is 779. The average Bonchev–Trinajstić information content (AvgIpc) is 3.16. The Labute approximate surface area is 157 Å². The summed E-state index contributed by atoms with van der Waals surface area (Å²) in [4.78, 5) is 22.4. The Morgan fingerprint density at radius 2 is 1.78 bits per heavy atom. The van der Waals surface area contributed by atoms with Crippen LogP contribution in [0.15, 0.2) is 30.6 Å². The largest absolute Gasteiger partial charge is 0.497 e. The van der Waals surface area contributed by atoms with Crippen molar-refractivity contribution in [2.24, 2.45) is 0 Å². The number of hydrogen-bond donors (Lipinski definition) is 1. The van der Waals surface area contributed by atoms with E-state index in [0.29, 0.717) is 48.5 Å². The van der Waals surface area contributed by atoms with Gasteiger partial charge in [0.1, 0.15) is 17.6 Å². The number of carbonyl (C=O) groups is 1. The van der Waals surface area contributed by atoms with E-state index in [1.54, 1.807) is 37.3 Å². The summed E-state index contributed by atoms with van der Waals surface area (Å²) in [7, 11) is 4.64. The van der Waals surface area contributed by atoms with Crippen molar-refractivity contribution in [1.29, 1.82) is 0 Å². The van der Waals surface area contributed by atoms with Crippen LogP contribution < -0.4 is 24.3 Å². The van der Waals surface area contributed by atoms with Gasteiger partial charge in [0.15, 0.2) is 0 Å². The van der Waals surface area contributed by atoms with E-state index >= 15 is 0 Å². The molecule has 1 atom stereocenters. The number of nitrogens with zero attached hydrogens (tertiary/aromatic N) is 3. The van der Waals surface area contributed by atoms with Crippen LogP contribution in [0.5, 0.6) is 23.3 Å². The molecule has 3 rings (SSSR count). The normalized spacial score (nSPS) is 16.0. The second-order valence-electron chi connectivity index (χ2n) is 5.91. The van der Waals surface area contributed by atoms with Gasteiger partial charge in [-0.2, -0.15) is 4.98 Å². The fraction of sp³-hybridized carbons (Fsp3) is 0.389. The minimum Gasteiger partial charge on any atom is -0.497 e. The predicted octanol–water partition coefficient (Wildman–Crippen LogP) is 2.19. The topological polar surface area (TPSA) is 95.0 Å². The number of benzene rings is 1. The monoisotopic (exact) mass is 374 g/mol. The number of aromatic nitrogens is 2. The van der Waals surface area contributed by atoms with Gasteiger partial charge in [-0.1, -0.05) is 0 Å². The highest BCUT2D eigenvalue weighted by atomic mass is 16.5. The lowest BCUT2D eigenvalue weighted by atomic mass is 10.3. The van der Waals surface area contributed by atoms with Crippen LogP contribution in [0.2, 0.25) is 0 Å². The number of hydrogen-bond acceptors (Lipinski definition) is 7. The van der Waals surface area contributed by atoms with Crippen LogP contribution in [-0.4, -0.2) is 61.4 Å². The summed E-state index contributed by atoms with van der Waals surface area (Å²) >= 11 is 0. The number of methoxy groups -OCH3 is 3. The van der Waals surface area contributed by atoms with Crippen LogP contribution in [0.3, 0.4) is 0 Å². The number of nitrogens with one attached hydrogen (secondary N) is 1.